The molecule has 9 heteroatoms. The highest BCUT2D eigenvalue weighted by Gasteiger charge is 2.13. The summed E-state index contributed by atoms with van der Waals surface area (Å²) < 4.78 is 30.2. The van der Waals surface area contributed by atoms with Crippen molar-refractivity contribution in [3.63, 3.8) is 0 Å². The summed E-state index contributed by atoms with van der Waals surface area (Å²) in [5.74, 6) is 1.76. The monoisotopic (exact) mass is 550 g/mol. The number of anilines is 2. The van der Waals surface area contributed by atoms with Gasteiger partial charge in [0.15, 0.2) is 11.5 Å². The van der Waals surface area contributed by atoms with Crippen molar-refractivity contribution in [2.75, 3.05) is 51.9 Å². The first-order chi connectivity index (χ1) is 18.7. The van der Waals surface area contributed by atoms with E-state index in [2.05, 4.69) is 20.2 Å². The van der Waals surface area contributed by atoms with Gasteiger partial charge in [0.25, 0.3) is 0 Å². The van der Waals surface area contributed by atoms with E-state index in [1.54, 1.807) is 19.2 Å². The zero-order chi connectivity index (χ0) is 26.2. The van der Waals surface area contributed by atoms with E-state index >= 15 is 0 Å². The van der Waals surface area contributed by atoms with Gasteiger partial charge in [0.1, 0.15) is 18.0 Å². The maximum absolute atomic E-state index is 13.1. The lowest BCUT2D eigenvalue weighted by atomic mass is 10.1. The van der Waals surface area contributed by atoms with Crippen molar-refractivity contribution in [3.8, 4) is 11.5 Å². The Morgan fingerprint density at radius 1 is 0.949 bits per heavy atom. The minimum atomic E-state index is -0.240. The zero-order valence-electron chi connectivity index (χ0n) is 21.8. The van der Waals surface area contributed by atoms with E-state index in [0.717, 1.165) is 67.0 Å². The third kappa shape index (κ3) is 7.66. The number of halogens is 2. The van der Waals surface area contributed by atoms with Crippen molar-refractivity contribution in [2.24, 2.45) is 0 Å². The third-order valence-corrected chi connectivity index (χ3v) is 6.41. The smallest absolute Gasteiger partial charge is 0.162 e. The predicted molar refractivity (Wildman–Crippen MR) is 156 cm³/mol. The molecule has 0 spiro atoms. The second-order valence-corrected chi connectivity index (χ2v) is 9.03. The molecule has 1 fully saturated rings. The van der Waals surface area contributed by atoms with Crippen LogP contribution in [-0.2, 0) is 4.74 Å². The number of hydrogen-bond donors (Lipinski definition) is 1. The van der Waals surface area contributed by atoms with Gasteiger partial charge in [-0.2, -0.15) is 0 Å². The molecular weight excluding hydrogens is 519 g/mol. The Balaban J connectivity index is 0.00000353. The summed E-state index contributed by atoms with van der Waals surface area (Å²) in [6, 6.07) is 18.2. The lowest BCUT2D eigenvalue weighted by Crippen LogP contribution is -2.37. The molecule has 1 N–H and O–H groups in total. The van der Waals surface area contributed by atoms with Crippen LogP contribution in [0.5, 0.6) is 11.5 Å². The molecule has 1 aliphatic heterocycles. The first kappa shape index (κ1) is 28.3. The Morgan fingerprint density at radius 2 is 1.64 bits per heavy atom. The van der Waals surface area contributed by atoms with Crippen molar-refractivity contribution in [1.29, 1.82) is 0 Å². The first-order valence-corrected chi connectivity index (χ1v) is 12.7. The van der Waals surface area contributed by atoms with Crippen molar-refractivity contribution in [1.82, 2.24) is 14.9 Å². The highest BCUT2D eigenvalue weighted by molar-refractivity contribution is 5.93. The molecule has 204 valence electrons. The number of benzene rings is 3. The SMILES string of the molecule is COc1cc2ncnc(Nc3ccc(/C=C/c4ccc(F)cc4)cc3)c2cc1OCCCN1CCOCC1.Cl. The molecule has 1 saturated heterocycles. The molecule has 0 aliphatic carbocycles. The van der Waals surface area contributed by atoms with Crippen LogP contribution in [0.1, 0.15) is 17.5 Å². The molecule has 5 rings (SSSR count). The van der Waals surface area contributed by atoms with Gasteiger partial charge in [-0.3, -0.25) is 4.90 Å². The fourth-order valence-corrected chi connectivity index (χ4v) is 4.31. The number of ether oxygens (including phenoxy) is 3. The lowest BCUT2D eigenvalue weighted by molar-refractivity contribution is 0.0357. The molecule has 0 bridgehead atoms. The summed E-state index contributed by atoms with van der Waals surface area (Å²) in [7, 11) is 1.63. The fourth-order valence-electron chi connectivity index (χ4n) is 4.31. The van der Waals surface area contributed by atoms with Crippen molar-refractivity contribution >= 4 is 47.0 Å². The molecule has 4 aromatic rings. The molecule has 0 saturated carbocycles. The van der Waals surface area contributed by atoms with E-state index in [9.17, 15) is 4.39 Å². The van der Waals surface area contributed by atoms with Gasteiger partial charge in [0.05, 0.1) is 32.4 Å². The fraction of sp³-hybridized carbons (Fsp3) is 0.267. The Kier molecular flexibility index (Phi) is 10.1. The maximum atomic E-state index is 13.1. The molecule has 0 radical (unpaired) electrons. The molecular formula is C30H32ClFN4O3. The number of nitrogens with one attached hydrogen (secondary N) is 1. The van der Waals surface area contributed by atoms with Crippen molar-refractivity contribution in [2.45, 2.75) is 6.42 Å². The van der Waals surface area contributed by atoms with Crippen LogP contribution < -0.4 is 14.8 Å². The van der Waals surface area contributed by atoms with Gasteiger partial charge >= 0.3 is 0 Å². The first-order valence-electron chi connectivity index (χ1n) is 12.7. The van der Waals surface area contributed by atoms with Crippen LogP contribution in [-0.4, -0.2) is 61.4 Å². The Labute approximate surface area is 234 Å². The van der Waals surface area contributed by atoms with Gasteiger partial charge in [0.2, 0.25) is 0 Å². The van der Waals surface area contributed by atoms with Gasteiger partial charge in [-0.15, -0.1) is 12.4 Å². The topological polar surface area (TPSA) is 68.7 Å². The molecule has 2 heterocycles. The standard InChI is InChI=1S/C30H31FN4O3.ClH/c1-36-28-20-27-26(19-29(28)38-16-2-13-35-14-17-37-18-15-35)30(33-21-32-27)34-25-11-7-23(8-12-25)4-3-22-5-9-24(31)10-6-22;/h3-12,19-21H,2,13-18H2,1H3,(H,32,33,34);1H/b4-3+;. The van der Waals surface area contributed by atoms with Gasteiger partial charge in [0, 0.05) is 36.8 Å². The minimum Gasteiger partial charge on any atom is -0.493 e. The summed E-state index contributed by atoms with van der Waals surface area (Å²) in [4.78, 5) is 11.3. The van der Waals surface area contributed by atoms with E-state index in [-0.39, 0.29) is 18.2 Å². The largest absolute Gasteiger partial charge is 0.493 e. The van der Waals surface area contributed by atoms with Crippen molar-refractivity contribution < 1.29 is 18.6 Å². The second kappa shape index (κ2) is 13.9. The molecule has 0 atom stereocenters. The van der Waals surface area contributed by atoms with Gasteiger partial charge in [-0.25, -0.2) is 14.4 Å². The Hall–Kier alpha value is -3.72. The van der Waals surface area contributed by atoms with E-state index < -0.39 is 0 Å². The normalized spacial score (nSPS) is 13.8. The molecule has 7 nitrogen and oxygen atoms in total. The number of aromatic nitrogens is 2. The summed E-state index contributed by atoms with van der Waals surface area (Å²) >= 11 is 0. The van der Waals surface area contributed by atoms with Gasteiger partial charge < -0.3 is 19.5 Å². The highest BCUT2D eigenvalue weighted by Crippen LogP contribution is 2.35. The number of hydrogen-bond acceptors (Lipinski definition) is 7. The van der Waals surface area contributed by atoms with Crippen LogP contribution in [0.15, 0.2) is 67.0 Å². The predicted octanol–water partition coefficient (Wildman–Crippen LogP) is 6.21. The molecule has 0 amide bonds. The quantitative estimate of drug-likeness (QED) is 0.186. The van der Waals surface area contributed by atoms with Crippen LogP contribution in [0.4, 0.5) is 15.9 Å². The summed E-state index contributed by atoms with van der Waals surface area (Å²) in [6.07, 6.45) is 6.40. The average Bonchev–Trinajstić information content (AvgIpc) is 2.96. The second-order valence-electron chi connectivity index (χ2n) is 9.03. The van der Waals surface area contributed by atoms with Crippen LogP contribution in [0.2, 0.25) is 0 Å². The molecule has 1 aliphatic rings. The molecule has 39 heavy (non-hydrogen) atoms. The van der Waals surface area contributed by atoms with Gasteiger partial charge in [-0.05, 0) is 47.9 Å². The number of nitrogens with zero attached hydrogens (tertiary/aromatic N) is 3. The average molecular weight is 551 g/mol. The summed E-state index contributed by atoms with van der Waals surface area (Å²) in [5.41, 5.74) is 3.63. The Morgan fingerprint density at radius 3 is 2.33 bits per heavy atom. The maximum Gasteiger partial charge on any atom is 0.162 e. The number of fused-ring (bicyclic) bond motifs is 1. The van der Waals surface area contributed by atoms with E-state index in [4.69, 9.17) is 14.2 Å². The Bertz CT molecular complexity index is 1380. The van der Waals surface area contributed by atoms with Crippen LogP contribution in [0.25, 0.3) is 23.1 Å². The van der Waals surface area contributed by atoms with E-state index in [0.29, 0.717) is 23.9 Å². The van der Waals surface area contributed by atoms with Crippen molar-refractivity contribution in [3.05, 3.63) is 83.9 Å². The molecule has 3 aromatic carbocycles. The number of morpholine rings is 1. The summed E-state index contributed by atoms with van der Waals surface area (Å²) in [5, 5.41) is 4.24. The molecule has 0 unspecified atom stereocenters. The zero-order valence-corrected chi connectivity index (χ0v) is 22.6. The number of methoxy groups -OCH3 is 1. The third-order valence-electron chi connectivity index (χ3n) is 6.41. The van der Waals surface area contributed by atoms with E-state index in [1.165, 1.54) is 18.5 Å². The lowest BCUT2D eigenvalue weighted by Gasteiger charge is -2.26. The summed E-state index contributed by atoms with van der Waals surface area (Å²) in [6.45, 7) is 5.09. The van der Waals surface area contributed by atoms with Crippen LogP contribution in [0, 0.1) is 5.82 Å². The van der Waals surface area contributed by atoms with Crippen LogP contribution >= 0.6 is 12.4 Å². The van der Waals surface area contributed by atoms with Crippen LogP contribution in [0.3, 0.4) is 0 Å². The van der Waals surface area contributed by atoms with E-state index in [1.807, 2.05) is 48.6 Å². The molecule has 1 aromatic heterocycles. The van der Waals surface area contributed by atoms with Gasteiger partial charge in [-0.1, -0.05) is 36.4 Å². The minimum absolute atomic E-state index is 0. The highest BCUT2D eigenvalue weighted by atomic mass is 35.5. The number of rotatable bonds is 10.